The number of nitro benzene ring substituents is 1. The first-order valence-corrected chi connectivity index (χ1v) is 7.99. The summed E-state index contributed by atoms with van der Waals surface area (Å²) in [5.74, 6) is -0.956. The van der Waals surface area contributed by atoms with Gasteiger partial charge in [-0.25, -0.2) is 4.39 Å². The van der Waals surface area contributed by atoms with Crippen LogP contribution in [0.1, 0.15) is 34.9 Å². The molecule has 1 aliphatic rings. The van der Waals surface area contributed by atoms with E-state index in [1.165, 1.54) is 35.2 Å². The monoisotopic (exact) mass is 364 g/mol. The van der Waals surface area contributed by atoms with Crippen molar-refractivity contribution >= 4 is 28.9 Å². The van der Waals surface area contributed by atoms with Crippen molar-refractivity contribution in [2.24, 2.45) is 0 Å². The Morgan fingerprint density at radius 1 is 1.32 bits per heavy atom. The predicted molar refractivity (Wildman–Crippen MR) is 90.4 cm³/mol. The van der Waals surface area contributed by atoms with Crippen LogP contribution >= 0.6 is 11.6 Å². The molecule has 0 radical (unpaired) electrons. The van der Waals surface area contributed by atoms with Gasteiger partial charge < -0.3 is 10.0 Å². The van der Waals surface area contributed by atoms with Crippen LogP contribution in [0.5, 0.6) is 0 Å². The number of non-ortho nitro benzene ring substituents is 1. The Bertz CT molecular complexity index is 859. The zero-order valence-corrected chi connectivity index (χ0v) is 13.7. The van der Waals surface area contributed by atoms with Crippen LogP contribution in [0, 0.1) is 15.9 Å². The van der Waals surface area contributed by atoms with E-state index in [0.717, 1.165) is 6.07 Å². The van der Waals surface area contributed by atoms with E-state index in [1.807, 2.05) is 0 Å². The highest BCUT2D eigenvalue weighted by Crippen LogP contribution is 2.35. The number of benzene rings is 2. The van der Waals surface area contributed by atoms with E-state index < -0.39 is 22.8 Å². The summed E-state index contributed by atoms with van der Waals surface area (Å²) in [6.07, 6.45) is 0.0537. The lowest BCUT2D eigenvalue weighted by Crippen LogP contribution is -2.32. The average molecular weight is 365 g/mol. The lowest BCUT2D eigenvalue weighted by Gasteiger charge is -2.24. The first-order valence-electron chi connectivity index (χ1n) is 7.62. The minimum atomic E-state index is -0.865. The number of aliphatic hydroxyl groups is 1. The van der Waals surface area contributed by atoms with Crippen molar-refractivity contribution in [2.45, 2.75) is 18.9 Å². The Kier molecular flexibility index (Phi) is 4.69. The standard InChI is InChI=1S/C17H14ClFN2O4/c18-14-9-11(21(24)25)4-5-12(14)17(23)20-7-1-2-16(22)13-8-10(19)3-6-15(13)20/h3-6,8-9,16,22H,1-2,7H2. The van der Waals surface area contributed by atoms with Gasteiger partial charge in [-0.05, 0) is 37.1 Å². The second kappa shape index (κ2) is 6.78. The molecule has 1 aliphatic heterocycles. The highest BCUT2D eigenvalue weighted by Gasteiger charge is 2.28. The maximum Gasteiger partial charge on any atom is 0.270 e. The minimum absolute atomic E-state index is 0.0346. The summed E-state index contributed by atoms with van der Waals surface area (Å²) in [6.45, 7) is 0.321. The van der Waals surface area contributed by atoms with E-state index in [1.54, 1.807) is 0 Å². The van der Waals surface area contributed by atoms with E-state index in [2.05, 4.69) is 0 Å². The van der Waals surface area contributed by atoms with Gasteiger partial charge in [0.25, 0.3) is 11.6 Å². The Balaban J connectivity index is 2.03. The summed E-state index contributed by atoms with van der Waals surface area (Å²) in [5, 5.41) is 20.9. The molecule has 1 atom stereocenters. The van der Waals surface area contributed by atoms with Crippen LogP contribution in [0.15, 0.2) is 36.4 Å². The number of rotatable bonds is 2. The van der Waals surface area contributed by atoms with Crippen molar-refractivity contribution in [3.63, 3.8) is 0 Å². The zero-order valence-electron chi connectivity index (χ0n) is 13.0. The first kappa shape index (κ1) is 17.3. The third kappa shape index (κ3) is 3.33. The van der Waals surface area contributed by atoms with E-state index >= 15 is 0 Å². The van der Waals surface area contributed by atoms with Gasteiger partial charge in [0.15, 0.2) is 0 Å². The smallest absolute Gasteiger partial charge is 0.270 e. The van der Waals surface area contributed by atoms with Gasteiger partial charge in [-0.2, -0.15) is 0 Å². The van der Waals surface area contributed by atoms with Crippen molar-refractivity contribution < 1.29 is 19.2 Å². The molecule has 0 saturated carbocycles. The topological polar surface area (TPSA) is 83.7 Å². The van der Waals surface area contributed by atoms with E-state index in [4.69, 9.17) is 11.6 Å². The molecule has 0 bridgehead atoms. The van der Waals surface area contributed by atoms with Crippen molar-refractivity contribution in [1.82, 2.24) is 0 Å². The highest BCUT2D eigenvalue weighted by molar-refractivity contribution is 6.34. The molecule has 1 amide bonds. The van der Waals surface area contributed by atoms with Gasteiger partial charge in [0.1, 0.15) is 5.82 Å². The van der Waals surface area contributed by atoms with E-state index in [-0.39, 0.29) is 16.3 Å². The molecule has 0 saturated heterocycles. The summed E-state index contributed by atoms with van der Waals surface area (Å²) < 4.78 is 13.5. The second-order valence-electron chi connectivity index (χ2n) is 5.74. The molecule has 2 aromatic carbocycles. The Labute approximate surface area is 147 Å². The molecule has 0 aromatic heterocycles. The molecule has 1 unspecified atom stereocenters. The normalized spacial score (nSPS) is 16.9. The van der Waals surface area contributed by atoms with Gasteiger partial charge >= 0.3 is 0 Å². The van der Waals surface area contributed by atoms with Gasteiger partial charge in [-0.15, -0.1) is 0 Å². The van der Waals surface area contributed by atoms with Crippen LogP contribution in [0.3, 0.4) is 0 Å². The largest absolute Gasteiger partial charge is 0.388 e. The van der Waals surface area contributed by atoms with Crippen LogP contribution in [0.4, 0.5) is 15.8 Å². The van der Waals surface area contributed by atoms with Gasteiger partial charge in [0, 0.05) is 29.9 Å². The number of anilines is 1. The molecule has 8 heteroatoms. The zero-order chi connectivity index (χ0) is 18.1. The maximum absolute atomic E-state index is 13.5. The van der Waals surface area contributed by atoms with Gasteiger partial charge in [-0.1, -0.05) is 11.6 Å². The number of carbonyl (C=O) groups excluding carboxylic acids is 1. The molecule has 0 fully saturated rings. The maximum atomic E-state index is 13.5. The molecule has 0 aliphatic carbocycles. The van der Waals surface area contributed by atoms with Crippen LogP contribution in [-0.2, 0) is 0 Å². The van der Waals surface area contributed by atoms with Crippen LogP contribution in [0.2, 0.25) is 5.02 Å². The fourth-order valence-corrected chi connectivity index (χ4v) is 3.16. The van der Waals surface area contributed by atoms with Crippen molar-refractivity contribution in [2.75, 3.05) is 11.4 Å². The number of hydrogen-bond donors (Lipinski definition) is 1. The van der Waals surface area contributed by atoms with Crippen molar-refractivity contribution in [3.8, 4) is 0 Å². The molecule has 0 spiro atoms. The minimum Gasteiger partial charge on any atom is -0.388 e. The summed E-state index contributed by atoms with van der Waals surface area (Å²) in [4.78, 5) is 24.5. The number of nitro groups is 1. The SMILES string of the molecule is O=C(c1ccc([N+](=O)[O-])cc1Cl)N1CCCC(O)c2cc(F)ccc21. The van der Waals surface area contributed by atoms with Crippen LogP contribution in [-0.4, -0.2) is 22.5 Å². The number of halogens is 2. The number of amides is 1. The Hall–Kier alpha value is -2.51. The third-order valence-electron chi connectivity index (χ3n) is 4.14. The van der Waals surface area contributed by atoms with Crippen molar-refractivity contribution in [1.29, 1.82) is 0 Å². The highest BCUT2D eigenvalue weighted by atomic mass is 35.5. The molecule has 130 valence electrons. The summed E-state index contributed by atoms with van der Waals surface area (Å²) in [5.41, 5.74) is 0.643. The van der Waals surface area contributed by atoms with Gasteiger partial charge in [0.2, 0.25) is 0 Å². The molecule has 1 N–H and O–H groups in total. The molecule has 6 nitrogen and oxygen atoms in total. The van der Waals surface area contributed by atoms with Crippen LogP contribution < -0.4 is 4.90 Å². The third-order valence-corrected chi connectivity index (χ3v) is 4.45. The molecular formula is C17H14ClFN2O4. The first-order chi connectivity index (χ1) is 11.9. The molecule has 25 heavy (non-hydrogen) atoms. The van der Waals surface area contributed by atoms with E-state index in [9.17, 15) is 24.4 Å². The molecule has 2 aromatic rings. The van der Waals surface area contributed by atoms with Gasteiger partial charge in [0.05, 0.1) is 21.6 Å². The quantitative estimate of drug-likeness (QED) is 0.647. The average Bonchev–Trinajstić information content (AvgIpc) is 2.73. The predicted octanol–water partition coefficient (Wildman–Crippen LogP) is 3.86. The van der Waals surface area contributed by atoms with Gasteiger partial charge in [-0.3, -0.25) is 14.9 Å². The lowest BCUT2D eigenvalue weighted by atomic mass is 10.0. The molecular weight excluding hydrogens is 351 g/mol. The second-order valence-corrected chi connectivity index (χ2v) is 6.15. The fourth-order valence-electron chi connectivity index (χ4n) is 2.90. The lowest BCUT2D eigenvalue weighted by molar-refractivity contribution is -0.384. The Morgan fingerprint density at radius 2 is 2.08 bits per heavy atom. The summed E-state index contributed by atoms with van der Waals surface area (Å²) in [7, 11) is 0. The summed E-state index contributed by atoms with van der Waals surface area (Å²) in [6, 6.07) is 7.49. The number of fused-ring (bicyclic) bond motifs is 1. The van der Waals surface area contributed by atoms with E-state index in [0.29, 0.717) is 30.6 Å². The van der Waals surface area contributed by atoms with Crippen LogP contribution in [0.25, 0.3) is 0 Å². The number of carbonyl (C=O) groups is 1. The Morgan fingerprint density at radius 3 is 2.76 bits per heavy atom. The van der Waals surface area contributed by atoms with Crippen molar-refractivity contribution in [3.05, 3.63) is 68.5 Å². The number of aliphatic hydroxyl groups excluding tert-OH is 1. The molecule has 1 heterocycles. The number of nitrogens with zero attached hydrogens (tertiary/aromatic N) is 2. The summed E-state index contributed by atoms with van der Waals surface area (Å²) >= 11 is 6.05. The number of hydrogen-bond acceptors (Lipinski definition) is 4. The fraction of sp³-hybridized carbons (Fsp3) is 0.235. The molecule has 3 rings (SSSR count).